The number of halogens is 2. The number of hydrogen-bond acceptors (Lipinski definition) is 5. The van der Waals surface area contributed by atoms with Crippen LogP contribution < -0.4 is 0 Å². The maximum absolute atomic E-state index is 9.33. The second-order valence-electron chi connectivity index (χ2n) is 7.64. The van der Waals surface area contributed by atoms with E-state index in [4.69, 9.17) is 23.2 Å². The Labute approximate surface area is 166 Å². The average Bonchev–Trinajstić information content (AvgIpc) is 2.64. The van der Waals surface area contributed by atoms with Crippen LogP contribution in [0.4, 0.5) is 0 Å². The van der Waals surface area contributed by atoms with Crippen molar-refractivity contribution < 1.29 is 5.11 Å². The molecule has 0 aromatic carbocycles. The van der Waals surface area contributed by atoms with Crippen molar-refractivity contribution in [1.29, 1.82) is 0 Å². The van der Waals surface area contributed by atoms with Crippen LogP contribution in [-0.2, 0) is 6.54 Å². The van der Waals surface area contributed by atoms with Gasteiger partial charge in [-0.3, -0.25) is 14.8 Å². The lowest BCUT2D eigenvalue weighted by molar-refractivity contribution is 0.0212. The van der Waals surface area contributed by atoms with Gasteiger partial charge in [-0.15, -0.1) is 0 Å². The molecule has 0 spiro atoms. The SMILES string of the molecule is CN1CCN([C@@H]2CCN(Cc3c(Cl)cncc3Cl)C[C@@H]2CCCO)CC1. The van der Waals surface area contributed by atoms with E-state index in [2.05, 4.69) is 26.7 Å². The minimum absolute atomic E-state index is 0.272. The van der Waals surface area contributed by atoms with Gasteiger partial charge in [0.05, 0.1) is 10.0 Å². The summed E-state index contributed by atoms with van der Waals surface area (Å²) in [6.07, 6.45) is 6.45. The second-order valence-corrected chi connectivity index (χ2v) is 8.45. The van der Waals surface area contributed by atoms with Gasteiger partial charge >= 0.3 is 0 Å². The van der Waals surface area contributed by atoms with Crippen molar-refractivity contribution >= 4 is 23.2 Å². The molecular weight excluding hydrogens is 371 g/mol. The summed E-state index contributed by atoms with van der Waals surface area (Å²) in [6, 6.07) is 0.620. The molecule has 0 saturated carbocycles. The quantitative estimate of drug-likeness (QED) is 0.794. The van der Waals surface area contributed by atoms with Crippen LogP contribution in [0.25, 0.3) is 0 Å². The third-order valence-corrected chi connectivity index (χ3v) is 6.50. The van der Waals surface area contributed by atoms with Crippen molar-refractivity contribution in [3.63, 3.8) is 0 Å². The van der Waals surface area contributed by atoms with Gasteiger partial charge in [-0.2, -0.15) is 0 Å². The molecule has 5 nitrogen and oxygen atoms in total. The molecule has 146 valence electrons. The summed E-state index contributed by atoms with van der Waals surface area (Å²) in [5, 5.41) is 10.6. The Hall–Kier alpha value is -0.430. The number of aliphatic hydroxyl groups excluding tert-OH is 1. The number of aliphatic hydroxyl groups is 1. The highest BCUT2D eigenvalue weighted by atomic mass is 35.5. The molecule has 0 bridgehead atoms. The number of piperidine rings is 1. The van der Waals surface area contributed by atoms with Crippen molar-refractivity contribution in [2.45, 2.75) is 31.8 Å². The molecule has 2 aliphatic heterocycles. The molecule has 2 saturated heterocycles. The Morgan fingerprint density at radius 3 is 2.46 bits per heavy atom. The van der Waals surface area contributed by atoms with Gasteiger partial charge in [-0.1, -0.05) is 23.2 Å². The number of aromatic nitrogens is 1. The van der Waals surface area contributed by atoms with Crippen LogP contribution in [0.5, 0.6) is 0 Å². The highest BCUT2D eigenvalue weighted by Gasteiger charge is 2.34. The van der Waals surface area contributed by atoms with Crippen LogP contribution in [0, 0.1) is 5.92 Å². The van der Waals surface area contributed by atoms with E-state index in [1.54, 1.807) is 12.4 Å². The highest BCUT2D eigenvalue weighted by molar-refractivity contribution is 6.35. The zero-order valence-corrected chi connectivity index (χ0v) is 17.1. The van der Waals surface area contributed by atoms with Gasteiger partial charge in [0.25, 0.3) is 0 Å². The maximum Gasteiger partial charge on any atom is 0.0649 e. The summed E-state index contributed by atoms with van der Waals surface area (Å²) >= 11 is 12.6. The summed E-state index contributed by atoms with van der Waals surface area (Å²) in [4.78, 5) is 11.6. The molecular formula is C19H30Cl2N4O. The smallest absolute Gasteiger partial charge is 0.0649 e. The molecule has 0 amide bonds. The number of piperazine rings is 1. The summed E-state index contributed by atoms with van der Waals surface area (Å²) < 4.78 is 0. The van der Waals surface area contributed by atoms with Gasteiger partial charge in [-0.25, -0.2) is 0 Å². The minimum atomic E-state index is 0.272. The summed E-state index contributed by atoms with van der Waals surface area (Å²) in [7, 11) is 2.20. The molecule has 1 N–H and O–H groups in total. The third kappa shape index (κ3) is 5.09. The lowest BCUT2D eigenvalue weighted by Gasteiger charge is -2.46. The zero-order chi connectivity index (χ0) is 18.5. The molecule has 3 heterocycles. The number of likely N-dealkylation sites (tertiary alicyclic amines) is 1. The first-order chi connectivity index (χ1) is 12.6. The molecule has 2 fully saturated rings. The molecule has 0 unspecified atom stereocenters. The van der Waals surface area contributed by atoms with Crippen LogP contribution in [0.1, 0.15) is 24.8 Å². The molecule has 3 rings (SSSR count). The van der Waals surface area contributed by atoms with E-state index < -0.39 is 0 Å². The first-order valence-electron chi connectivity index (χ1n) is 9.62. The number of rotatable bonds is 6. The molecule has 2 aliphatic rings. The van der Waals surface area contributed by atoms with Crippen LogP contribution in [0.2, 0.25) is 10.0 Å². The Kier molecular flexibility index (Phi) is 7.55. The predicted octanol–water partition coefficient (Wildman–Crippen LogP) is 2.60. The Balaban J connectivity index is 1.65. The lowest BCUT2D eigenvalue weighted by atomic mass is 9.86. The first-order valence-corrected chi connectivity index (χ1v) is 10.4. The average molecular weight is 401 g/mol. The molecule has 1 aromatic heterocycles. The normalized spacial score (nSPS) is 26.3. The van der Waals surface area contributed by atoms with E-state index in [9.17, 15) is 5.11 Å². The second kappa shape index (κ2) is 9.67. The Morgan fingerprint density at radius 2 is 1.81 bits per heavy atom. The summed E-state index contributed by atoms with van der Waals surface area (Å²) in [5.74, 6) is 0.582. The first kappa shape index (κ1) is 20.3. The highest BCUT2D eigenvalue weighted by Crippen LogP contribution is 2.30. The minimum Gasteiger partial charge on any atom is -0.396 e. The molecule has 1 aromatic rings. The standard InChI is InChI=1S/C19H30Cl2N4O/c1-23-6-8-25(9-7-23)19-4-5-24(13-15(19)3-2-10-26)14-16-17(20)11-22-12-18(16)21/h11-12,15,19,26H,2-10,13-14H2,1H3/t15-,19+/m0/s1. The predicted molar refractivity (Wildman–Crippen MR) is 107 cm³/mol. The van der Waals surface area contributed by atoms with E-state index >= 15 is 0 Å². The number of likely N-dealkylation sites (N-methyl/N-ethyl adjacent to an activating group) is 1. The fourth-order valence-electron chi connectivity index (χ4n) is 4.32. The molecule has 2 atom stereocenters. The van der Waals surface area contributed by atoms with Crippen molar-refractivity contribution in [2.24, 2.45) is 5.92 Å². The fourth-order valence-corrected chi connectivity index (χ4v) is 4.81. The number of pyridine rings is 1. The van der Waals surface area contributed by atoms with Gasteiger partial charge in [0.1, 0.15) is 0 Å². The van der Waals surface area contributed by atoms with E-state index in [0.29, 0.717) is 22.0 Å². The van der Waals surface area contributed by atoms with Crippen molar-refractivity contribution in [3.05, 3.63) is 28.0 Å². The van der Waals surface area contributed by atoms with E-state index in [1.807, 2.05) is 0 Å². The Morgan fingerprint density at radius 1 is 1.12 bits per heavy atom. The van der Waals surface area contributed by atoms with Gasteiger partial charge in [0.15, 0.2) is 0 Å². The molecule has 7 heteroatoms. The summed E-state index contributed by atoms with van der Waals surface area (Å²) in [5.41, 5.74) is 0.974. The largest absolute Gasteiger partial charge is 0.396 e. The lowest BCUT2D eigenvalue weighted by Crippen LogP contribution is -2.56. The number of nitrogens with zero attached hydrogens (tertiary/aromatic N) is 4. The van der Waals surface area contributed by atoms with Crippen LogP contribution in [0.3, 0.4) is 0 Å². The van der Waals surface area contributed by atoms with Crippen molar-refractivity contribution in [1.82, 2.24) is 19.7 Å². The van der Waals surface area contributed by atoms with Gasteiger partial charge in [-0.05, 0) is 38.8 Å². The van der Waals surface area contributed by atoms with Gasteiger partial charge in [0, 0.05) is 69.9 Å². The Bertz CT molecular complexity index is 560. The monoisotopic (exact) mass is 400 g/mol. The van der Waals surface area contributed by atoms with Gasteiger partial charge < -0.3 is 10.0 Å². The molecule has 26 heavy (non-hydrogen) atoms. The molecule has 0 aliphatic carbocycles. The summed E-state index contributed by atoms with van der Waals surface area (Å²) in [6.45, 7) is 7.73. The zero-order valence-electron chi connectivity index (χ0n) is 15.6. The van der Waals surface area contributed by atoms with Crippen molar-refractivity contribution in [2.75, 3.05) is 52.9 Å². The van der Waals surface area contributed by atoms with Crippen LogP contribution in [-0.4, -0.2) is 83.8 Å². The van der Waals surface area contributed by atoms with Crippen molar-refractivity contribution in [3.8, 4) is 0 Å². The fraction of sp³-hybridized carbons (Fsp3) is 0.737. The van der Waals surface area contributed by atoms with Crippen LogP contribution >= 0.6 is 23.2 Å². The maximum atomic E-state index is 9.33. The van der Waals surface area contributed by atoms with E-state index in [1.165, 1.54) is 6.42 Å². The third-order valence-electron chi connectivity index (χ3n) is 5.85. The molecule has 0 radical (unpaired) electrons. The van der Waals surface area contributed by atoms with E-state index in [-0.39, 0.29) is 6.61 Å². The van der Waals surface area contributed by atoms with Crippen LogP contribution in [0.15, 0.2) is 12.4 Å². The topological polar surface area (TPSA) is 42.8 Å². The van der Waals surface area contributed by atoms with Gasteiger partial charge in [0.2, 0.25) is 0 Å². The van der Waals surface area contributed by atoms with E-state index in [0.717, 1.165) is 64.2 Å². The number of hydrogen-bond donors (Lipinski definition) is 1.